The summed E-state index contributed by atoms with van der Waals surface area (Å²) < 4.78 is 27.3. The van der Waals surface area contributed by atoms with Crippen LogP contribution in [0.2, 0.25) is 0 Å². The maximum Gasteiger partial charge on any atom is 0.242 e. The number of benzene rings is 1. The van der Waals surface area contributed by atoms with Crippen molar-refractivity contribution in [3.8, 4) is 0 Å². The van der Waals surface area contributed by atoms with Gasteiger partial charge in [-0.3, -0.25) is 0 Å². The Morgan fingerprint density at radius 2 is 2.12 bits per heavy atom. The molecule has 0 aliphatic heterocycles. The molecule has 0 amide bonds. The van der Waals surface area contributed by atoms with E-state index in [9.17, 15) is 8.42 Å². The van der Waals surface area contributed by atoms with Crippen LogP contribution in [0.15, 0.2) is 27.6 Å². The van der Waals surface area contributed by atoms with Crippen LogP contribution < -0.4 is 10.5 Å². The van der Waals surface area contributed by atoms with Gasteiger partial charge >= 0.3 is 0 Å². The standard InChI is InChI=1S/C11H15BrN2O2S/c12-9-3-4-11(10(13)7-9)17(15,16)14-6-5-8-1-2-8/h3-4,7-8,14H,1-2,5-6,13H2. The summed E-state index contributed by atoms with van der Waals surface area (Å²) in [7, 11) is -3.47. The van der Waals surface area contributed by atoms with Crippen LogP contribution in [0.4, 0.5) is 5.69 Å². The number of nitrogens with one attached hydrogen (secondary N) is 1. The van der Waals surface area contributed by atoms with E-state index < -0.39 is 10.0 Å². The Kier molecular flexibility index (Phi) is 3.75. The van der Waals surface area contributed by atoms with Crippen molar-refractivity contribution in [1.82, 2.24) is 4.72 Å². The first kappa shape index (κ1) is 12.9. The number of rotatable bonds is 5. The Bertz CT molecular complexity index is 512. The molecule has 0 atom stereocenters. The molecule has 1 aliphatic rings. The van der Waals surface area contributed by atoms with E-state index in [0.29, 0.717) is 12.5 Å². The fraction of sp³-hybridized carbons (Fsp3) is 0.455. The molecule has 1 aromatic carbocycles. The summed E-state index contributed by atoms with van der Waals surface area (Å²) in [6.45, 7) is 0.489. The number of nitrogens with two attached hydrogens (primary N) is 1. The second kappa shape index (κ2) is 4.96. The van der Waals surface area contributed by atoms with Gasteiger partial charge in [-0.15, -0.1) is 0 Å². The van der Waals surface area contributed by atoms with Crippen LogP contribution in [0.5, 0.6) is 0 Å². The van der Waals surface area contributed by atoms with Crippen LogP contribution in [-0.2, 0) is 10.0 Å². The highest BCUT2D eigenvalue weighted by atomic mass is 79.9. The molecular formula is C11H15BrN2O2S. The smallest absolute Gasteiger partial charge is 0.242 e. The molecule has 4 nitrogen and oxygen atoms in total. The van der Waals surface area contributed by atoms with Crippen LogP contribution in [0.1, 0.15) is 19.3 Å². The maximum atomic E-state index is 12.0. The second-order valence-electron chi connectivity index (χ2n) is 4.31. The van der Waals surface area contributed by atoms with Crippen molar-refractivity contribution in [2.24, 2.45) is 5.92 Å². The van der Waals surface area contributed by atoms with Crippen molar-refractivity contribution < 1.29 is 8.42 Å². The lowest BCUT2D eigenvalue weighted by molar-refractivity contribution is 0.575. The first-order valence-corrected chi connectivity index (χ1v) is 7.81. The molecule has 1 fully saturated rings. The normalized spacial score (nSPS) is 16.1. The molecule has 17 heavy (non-hydrogen) atoms. The van der Waals surface area contributed by atoms with Crippen LogP contribution in [-0.4, -0.2) is 15.0 Å². The summed E-state index contributed by atoms with van der Waals surface area (Å²) in [6.07, 6.45) is 3.36. The summed E-state index contributed by atoms with van der Waals surface area (Å²) >= 11 is 3.25. The summed E-state index contributed by atoms with van der Waals surface area (Å²) in [5.74, 6) is 0.708. The van der Waals surface area contributed by atoms with Crippen molar-refractivity contribution in [2.45, 2.75) is 24.2 Å². The molecule has 1 saturated carbocycles. The van der Waals surface area contributed by atoms with Gasteiger partial charge in [-0.2, -0.15) is 0 Å². The van der Waals surface area contributed by atoms with Gasteiger partial charge in [0.05, 0.1) is 5.69 Å². The zero-order chi connectivity index (χ0) is 12.5. The Labute approximate surface area is 110 Å². The molecular weight excluding hydrogens is 304 g/mol. The Balaban J connectivity index is 2.07. The molecule has 3 N–H and O–H groups in total. The highest BCUT2D eigenvalue weighted by Crippen LogP contribution is 2.32. The minimum absolute atomic E-state index is 0.150. The van der Waals surface area contributed by atoms with Crippen molar-refractivity contribution in [1.29, 1.82) is 0 Å². The van der Waals surface area contributed by atoms with Gasteiger partial charge in [-0.05, 0) is 30.5 Å². The fourth-order valence-corrected chi connectivity index (χ4v) is 3.18. The molecule has 0 saturated heterocycles. The minimum Gasteiger partial charge on any atom is -0.398 e. The molecule has 0 bridgehead atoms. The number of sulfonamides is 1. The summed E-state index contributed by atoms with van der Waals surface area (Å²) in [5.41, 5.74) is 5.96. The number of halogens is 1. The minimum atomic E-state index is -3.47. The Morgan fingerprint density at radius 3 is 2.71 bits per heavy atom. The van der Waals surface area contributed by atoms with Crippen LogP contribution in [0.3, 0.4) is 0 Å². The predicted octanol–water partition coefficient (Wildman–Crippen LogP) is 2.11. The van der Waals surface area contributed by atoms with Gasteiger partial charge in [0.2, 0.25) is 10.0 Å². The molecule has 94 valence electrons. The van der Waals surface area contributed by atoms with Crippen molar-refractivity contribution in [3.05, 3.63) is 22.7 Å². The van der Waals surface area contributed by atoms with Gasteiger partial charge in [0.25, 0.3) is 0 Å². The first-order valence-electron chi connectivity index (χ1n) is 5.54. The summed E-state index contributed by atoms with van der Waals surface area (Å²) in [6, 6.07) is 4.78. The van der Waals surface area contributed by atoms with Crippen molar-refractivity contribution in [3.63, 3.8) is 0 Å². The number of nitrogen functional groups attached to an aromatic ring is 1. The molecule has 1 aromatic rings. The average Bonchev–Trinajstić information content (AvgIpc) is 3.00. The molecule has 6 heteroatoms. The highest BCUT2D eigenvalue weighted by Gasteiger charge is 2.22. The molecule has 0 aromatic heterocycles. The monoisotopic (exact) mass is 318 g/mol. The van der Waals surface area contributed by atoms with E-state index in [4.69, 9.17) is 5.73 Å². The van der Waals surface area contributed by atoms with E-state index in [1.54, 1.807) is 12.1 Å². The molecule has 0 radical (unpaired) electrons. The maximum absolute atomic E-state index is 12.0. The second-order valence-corrected chi connectivity index (χ2v) is 6.96. The van der Waals surface area contributed by atoms with E-state index in [1.807, 2.05) is 0 Å². The Hall–Kier alpha value is -0.590. The predicted molar refractivity (Wildman–Crippen MR) is 71.1 cm³/mol. The Morgan fingerprint density at radius 1 is 1.41 bits per heavy atom. The van der Waals surface area contributed by atoms with E-state index in [2.05, 4.69) is 20.7 Å². The molecule has 2 rings (SSSR count). The van der Waals surface area contributed by atoms with E-state index in [1.165, 1.54) is 18.9 Å². The molecule has 0 spiro atoms. The number of anilines is 1. The molecule has 1 aliphatic carbocycles. The highest BCUT2D eigenvalue weighted by molar-refractivity contribution is 9.10. The van der Waals surface area contributed by atoms with Crippen LogP contribution >= 0.6 is 15.9 Å². The lowest BCUT2D eigenvalue weighted by atomic mass is 10.3. The third-order valence-corrected chi connectivity index (χ3v) is 4.83. The van der Waals surface area contributed by atoms with Gasteiger partial charge in [-0.1, -0.05) is 28.8 Å². The van der Waals surface area contributed by atoms with E-state index in [0.717, 1.165) is 10.9 Å². The average molecular weight is 319 g/mol. The quantitative estimate of drug-likeness (QED) is 0.817. The number of hydrogen-bond acceptors (Lipinski definition) is 3. The molecule has 0 heterocycles. The van der Waals surface area contributed by atoms with Gasteiger partial charge in [-0.25, -0.2) is 13.1 Å². The zero-order valence-electron chi connectivity index (χ0n) is 9.32. The first-order chi connectivity index (χ1) is 7.99. The zero-order valence-corrected chi connectivity index (χ0v) is 11.7. The molecule has 0 unspecified atom stereocenters. The lowest BCUT2D eigenvalue weighted by Gasteiger charge is -2.09. The third kappa shape index (κ3) is 3.43. The summed E-state index contributed by atoms with van der Waals surface area (Å²) in [4.78, 5) is 0.150. The third-order valence-electron chi connectivity index (χ3n) is 2.80. The SMILES string of the molecule is Nc1cc(Br)ccc1S(=O)(=O)NCCC1CC1. The lowest BCUT2D eigenvalue weighted by Crippen LogP contribution is -2.25. The van der Waals surface area contributed by atoms with Crippen molar-refractivity contribution >= 4 is 31.6 Å². The van der Waals surface area contributed by atoms with Crippen LogP contribution in [0, 0.1) is 5.92 Å². The largest absolute Gasteiger partial charge is 0.398 e. The fourth-order valence-electron chi connectivity index (χ4n) is 1.65. The van der Waals surface area contributed by atoms with Crippen LogP contribution in [0.25, 0.3) is 0 Å². The van der Waals surface area contributed by atoms with Gasteiger partial charge in [0, 0.05) is 11.0 Å². The number of hydrogen-bond donors (Lipinski definition) is 2. The summed E-state index contributed by atoms with van der Waals surface area (Å²) in [5, 5.41) is 0. The van der Waals surface area contributed by atoms with Gasteiger partial charge in [0.15, 0.2) is 0 Å². The van der Waals surface area contributed by atoms with Gasteiger partial charge in [0.1, 0.15) is 4.90 Å². The topological polar surface area (TPSA) is 72.2 Å². The van der Waals surface area contributed by atoms with Gasteiger partial charge < -0.3 is 5.73 Å². The van der Waals surface area contributed by atoms with E-state index >= 15 is 0 Å². The van der Waals surface area contributed by atoms with Crippen molar-refractivity contribution in [2.75, 3.05) is 12.3 Å². The van der Waals surface area contributed by atoms with E-state index in [-0.39, 0.29) is 10.6 Å².